The van der Waals surface area contributed by atoms with E-state index in [1.807, 2.05) is 50.2 Å². The van der Waals surface area contributed by atoms with Crippen LogP contribution < -0.4 is 4.74 Å². The van der Waals surface area contributed by atoms with Crippen LogP contribution in [0, 0.1) is 0 Å². The standard InChI is InChI=1S/C19H24O5S/c1-4-22-19(23-5-2)13-24-15-8-6-7-14(11-15)17-9-10-18(25-17)16(20)12-21-3/h6-11,19H,4-5,12-13H2,1-3H3. The van der Waals surface area contributed by atoms with E-state index in [9.17, 15) is 4.79 Å². The van der Waals surface area contributed by atoms with Crippen molar-refractivity contribution in [3.05, 3.63) is 41.3 Å². The van der Waals surface area contributed by atoms with E-state index < -0.39 is 0 Å². The lowest BCUT2D eigenvalue weighted by Crippen LogP contribution is -2.25. The summed E-state index contributed by atoms with van der Waals surface area (Å²) in [6.45, 7) is 5.41. The van der Waals surface area contributed by atoms with Gasteiger partial charge in [0.05, 0.1) is 4.88 Å². The summed E-state index contributed by atoms with van der Waals surface area (Å²) in [6.07, 6.45) is -0.376. The number of methoxy groups -OCH3 is 1. The van der Waals surface area contributed by atoms with E-state index in [0.29, 0.717) is 24.7 Å². The number of Topliss-reactive ketones (excluding diaryl/α,β-unsaturated/α-hetero) is 1. The minimum absolute atomic E-state index is 0.0116. The Morgan fingerprint density at radius 3 is 2.56 bits per heavy atom. The molecule has 0 unspecified atom stereocenters. The summed E-state index contributed by atoms with van der Waals surface area (Å²) in [7, 11) is 1.52. The van der Waals surface area contributed by atoms with Crippen LogP contribution in [0.2, 0.25) is 0 Å². The van der Waals surface area contributed by atoms with Gasteiger partial charge in [0.25, 0.3) is 0 Å². The third kappa shape index (κ3) is 5.93. The maximum Gasteiger partial charge on any atom is 0.198 e. The van der Waals surface area contributed by atoms with Crippen LogP contribution in [0.1, 0.15) is 23.5 Å². The van der Waals surface area contributed by atoms with Crippen LogP contribution in [0.3, 0.4) is 0 Å². The van der Waals surface area contributed by atoms with Crippen molar-refractivity contribution < 1.29 is 23.7 Å². The van der Waals surface area contributed by atoms with Gasteiger partial charge in [0.2, 0.25) is 0 Å². The zero-order valence-electron chi connectivity index (χ0n) is 14.8. The smallest absolute Gasteiger partial charge is 0.198 e. The average Bonchev–Trinajstić information content (AvgIpc) is 3.11. The Kier molecular flexibility index (Phi) is 8.08. The number of carbonyl (C=O) groups excluding carboxylic acids is 1. The van der Waals surface area contributed by atoms with Crippen LogP contribution in [-0.4, -0.2) is 45.6 Å². The number of hydrogen-bond acceptors (Lipinski definition) is 6. The first-order valence-corrected chi connectivity index (χ1v) is 9.08. The molecule has 0 aliphatic heterocycles. The molecule has 0 radical (unpaired) electrons. The van der Waals surface area contributed by atoms with Crippen LogP contribution >= 0.6 is 11.3 Å². The van der Waals surface area contributed by atoms with Gasteiger partial charge in [-0.05, 0) is 43.7 Å². The van der Waals surface area contributed by atoms with Crippen molar-refractivity contribution in [3.8, 4) is 16.2 Å². The molecule has 0 spiro atoms. The Morgan fingerprint density at radius 2 is 1.88 bits per heavy atom. The summed E-state index contributed by atoms with van der Waals surface area (Å²) in [5, 5.41) is 0. The highest BCUT2D eigenvalue weighted by atomic mass is 32.1. The second kappa shape index (κ2) is 10.3. The van der Waals surface area contributed by atoms with E-state index in [1.54, 1.807) is 0 Å². The Morgan fingerprint density at radius 1 is 1.12 bits per heavy atom. The molecule has 25 heavy (non-hydrogen) atoms. The Balaban J connectivity index is 2.04. The van der Waals surface area contributed by atoms with Gasteiger partial charge in [-0.15, -0.1) is 11.3 Å². The van der Waals surface area contributed by atoms with Gasteiger partial charge >= 0.3 is 0 Å². The predicted octanol–water partition coefficient (Wildman–Crippen LogP) is 4.02. The monoisotopic (exact) mass is 364 g/mol. The summed E-state index contributed by atoms with van der Waals surface area (Å²) in [5.41, 5.74) is 1.00. The zero-order chi connectivity index (χ0) is 18.1. The molecule has 0 saturated carbocycles. The van der Waals surface area contributed by atoms with Gasteiger partial charge in [0, 0.05) is 25.2 Å². The van der Waals surface area contributed by atoms with Gasteiger partial charge in [0.1, 0.15) is 19.0 Å². The first-order chi connectivity index (χ1) is 12.2. The number of hydrogen-bond donors (Lipinski definition) is 0. The topological polar surface area (TPSA) is 54.0 Å². The van der Waals surface area contributed by atoms with Crippen LogP contribution in [0.25, 0.3) is 10.4 Å². The van der Waals surface area contributed by atoms with Crippen molar-refractivity contribution in [1.29, 1.82) is 0 Å². The molecule has 0 bridgehead atoms. The quantitative estimate of drug-likeness (QED) is 0.445. The van der Waals surface area contributed by atoms with E-state index >= 15 is 0 Å². The van der Waals surface area contributed by atoms with E-state index in [0.717, 1.165) is 16.2 Å². The fraction of sp³-hybridized carbons (Fsp3) is 0.421. The highest BCUT2D eigenvalue weighted by Crippen LogP contribution is 2.30. The second-order valence-corrected chi connectivity index (χ2v) is 6.28. The number of ketones is 1. The zero-order valence-corrected chi connectivity index (χ0v) is 15.6. The van der Waals surface area contributed by atoms with Crippen LogP contribution in [0.5, 0.6) is 5.75 Å². The molecule has 2 aromatic rings. The second-order valence-electron chi connectivity index (χ2n) is 5.20. The van der Waals surface area contributed by atoms with Gasteiger partial charge in [0.15, 0.2) is 12.1 Å². The van der Waals surface area contributed by atoms with Gasteiger partial charge in [-0.1, -0.05) is 12.1 Å². The fourth-order valence-corrected chi connectivity index (χ4v) is 3.19. The molecule has 1 heterocycles. The van der Waals surface area contributed by atoms with Crippen LogP contribution in [0.15, 0.2) is 36.4 Å². The Labute approximate surface area is 152 Å². The first-order valence-electron chi connectivity index (χ1n) is 8.26. The van der Waals surface area contributed by atoms with E-state index in [-0.39, 0.29) is 18.7 Å². The lowest BCUT2D eigenvalue weighted by molar-refractivity contribution is -0.152. The maximum atomic E-state index is 11.9. The van der Waals surface area contributed by atoms with Crippen molar-refractivity contribution in [2.24, 2.45) is 0 Å². The third-order valence-corrected chi connectivity index (χ3v) is 4.54. The van der Waals surface area contributed by atoms with Crippen LogP contribution in [0.4, 0.5) is 0 Å². The predicted molar refractivity (Wildman–Crippen MR) is 98.5 cm³/mol. The average molecular weight is 364 g/mol. The molecule has 2 rings (SSSR count). The maximum absolute atomic E-state index is 11.9. The van der Waals surface area contributed by atoms with Crippen molar-refractivity contribution in [1.82, 2.24) is 0 Å². The van der Waals surface area contributed by atoms with Gasteiger partial charge in [-0.2, -0.15) is 0 Å². The fourth-order valence-electron chi connectivity index (χ4n) is 2.26. The summed E-state index contributed by atoms with van der Waals surface area (Å²) in [4.78, 5) is 13.6. The van der Waals surface area contributed by atoms with Crippen molar-refractivity contribution in [2.75, 3.05) is 33.5 Å². The highest BCUT2D eigenvalue weighted by Gasteiger charge is 2.12. The third-order valence-electron chi connectivity index (χ3n) is 3.37. The normalized spacial score (nSPS) is 11.0. The van der Waals surface area contributed by atoms with E-state index in [4.69, 9.17) is 18.9 Å². The summed E-state index contributed by atoms with van der Waals surface area (Å²) in [6, 6.07) is 11.5. The molecule has 0 atom stereocenters. The lowest BCUT2D eigenvalue weighted by atomic mass is 10.2. The molecule has 5 nitrogen and oxygen atoms in total. The number of carbonyl (C=O) groups is 1. The number of thiophene rings is 1. The molecule has 0 fully saturated rings. The van der Waals surface area contributed by atoms with Crippen molar-refractivity contribution in [2.45, 2.75) is 20.1 Å². The van der Waals surface area contributed by atoms with Crippen molar-refractivity contribution >= 4 is 17.1 Å². The van der Waals surface area contributed by atoms with Gasteiger partial charge in [-0.25, -0.2) is 0 Å². The summed E-state index contributed by atoms with van der Waals surface area (Å²) in [5.74, 6) is 0.725. The molecule has 6 heteroatoms. The van der Waals surface area contributed by atoms with Crippen molar-refractivity contribution in [3.63, 3.8) is 0 Å². The summed E-state index contributed by atoms with van der Waals surface area (Å²) < 4.78 is 21.6. The number of benzene rings is 1. The molecule has 0 N–H and O–H groups in total. The molecule has 0 aliphatic carbocycles. The number of rotatable bonds is 11. The largest absolute Gasteiger partial charge is 0.488 e. The molecule has 0 saturated heterocycles. The van der Waals surface area contributed by atoms with E-state index in [2.05, 4.69) is 0 Å². The molecular weight excluding hydrogens is 340 g/mol. The first kappa shape index (κ1) is 19.6. The summed E-state index contributed by atoms with van der Waals surface area (Å²) >= 11 is 1.45. The Hall–Kier alpha value is -1.73. The minimum atomic E-state index is -0.376. The molecule has 1 aromatic heterocycles. The molecule has 1 aromatic carbocycles. The molecule has 0 aliphatic rings. The highest BCUT2D eigenvalue weighted by molar-refractivity contribution is 7.17. The Bertz CT molecular complexity index is 661. The molecular formula is C19H24O5S. The van der Waals surface area contributed by atoms with E-state index in [1.165, 1.54) is 18.4 Å². The molecule has 0 amide bonds. The molecule has 136 valence electrons. The lowest BCUT2D eigenvalue weighted by Gasteiger charge is -2.17. The van der Waals surface area contributed by atoms with Gasteiger partial charge < -0.3 is 18.9 Å². The number of ether oxygens (including phenoxy) is 4. The minimum Gasteiger partial charge on any atom is -0.488 e. The van der Waals surface area contributed by atoms with Gasteiger partial charge in [-0.3, -0.25) is 4.79 Å². The van der Waals surface area contributed by atoms with Crippen LogP contribution in [-0.2, 0) is 14.2 Å². The SMILES string of the molecule is CCOC(COc1cccc(-c2ccc(C(=O)COC)s2)c1)OCC.